The van der Waals surface area contributed by atoms with Crippen LogP contribution in [-0.4, -0.2) is 16.5 Å². The first-order valence-corrected chi connectivity index (χ1v) is 6.84. The largest absolute Gasteiger partial charge is 0.416 e. The smallest absolute Gasteiger partial charge is 0.354 e. The molecule has 7 heteroatoms. The molecule has 0 spiro atoms. The summed E-state index contributed by atoms with van der Waals surface area (Å²) in [6, 6.07) is 4.04. The monoisotopic (exact) mass is 310 g/mol. The molecule has 0 atom stereocenters. The van der Waals surface area contributed by atoms with Crippen molar-refractivity contribution < 1.29 is 13.2 Å². The molecule has 2 aromatic rings. The number of benzene rings is 1. The zero-order valence-electron chi connectivity index (χ0n) is 12.5. The van der Waals surface area contributed by atoms with Crippen molar-refractivity contribution in [2.75, 3.05) is 17.2 Å². The number of aryl methyl sites for hydroxylation is 1. The molecule has 1 aromatic heterocycles. The lowest BCUT2D eigenvalue weighted by Gasteiger charge is -2.16. The summed E-state index contributed by atoms with van der Waals surface area (Å²) in [6.07, 6.45) is -2.76. The van der Waals surface area contributed by atoms with Gasteiger partial charge >= 0.3 is 6.18 Å². The average Bonchev–Trinajstić information content (AvgIpc) is 2.43. The second kappa shape index (κ2) is 6.21. The molecule has 0 aliphatic rings. The van der Waals surface area contributed by atoms with Gasteiger partial charge in [-0.2, -0.15) is 18.2 Å². The Hall–Kier alpha value is -2.31. The highest BCUT2D eigenvalue weighted by Crippen LogP contribution is 2.35. The van der Waals surface area contributed by atoms with E-state index in [2.05, 4.69) is 20.6 Å². The van der Waals surface area contributed by atoms with Gasteiger partial charge in [-0.3, -0.25) is 0 Å². The number of nitrogens with zero attached hydrogens (tertiary/aromatic N) is 2. The number of hydrogen-bond acceptors (Lipinski definition) is 4. The summed E-state index contributed by atoms with van der Waals surface area (Å²) in [5.41, 5.74) is 0.603. The number of aromatic nitrogens is 2. The van der Waals surface area contributed by atoms with Gasteiger partial charge < -0.3 is 10.6 Å². The molecule has 0 fully saturated rings. The summed E-state index contributed by atoms with van der Waals surface area (Å²) in [4.78, 5) is 8.38. The third-order valence-electron chi connectivity index (χ3n) is 3.20. The molecule has 0 aliphatic heterocycles. The van der Waals surface area contributed by atoms with Crippen molar-refractivity contribution in [3.05, 3.63) is 41.1 Å². The van der Waals surface area contributed by atoms with Crippen LogP contribution in [-0.2, 0) is 6.18 Å². The van der Waals surface area contributed by atoms with Crippen molar-refractivity contribution in [3.63, 3.8) is 0 Å². The predicted molar refractivity (Wildman–Crippen MR) is 80.4 cm³/mol. The van der Waals surface area contributed by atoms with Crippen LogP contribution in [0.15, 0.2) is 24.4 Å². The van der Waals surface area contributed by atoms with E-state index in [0.717, 1.165) is 11.6 Å². The Morgan fingerprint density at radius 1 is 1.18 bits per heavy atom. The fraction of sp³-hybridized carbons (Fsp3) is 0.333. The maximum absolute atomic E-state index is 12.9. The summed E-state index contributed by atoms with van der Waals surface area (Å²) < 4.78 is 38.8. The lowest BCUT2D eigenvalue weighted by Crippen LogP contribution is -2.10. The second-order valence-electron chi connectivity index (χ2n) is 4.86. The Morgan fingerprint density at radius 2 is 1.91 bits per heavy atom. The standard InChI is InChI=1S/C15H17F3N4/c1-4-19-14-20-8-9(2)13(22-14)21-12-7-5-6-11(10(12)3)15(16,17)18/h5-8H,4H2,1-3H3,(H2,19,20,21,22). The Labute approximate surface area is 126 Å². The van der Waals surface area contributed by atoms with Crippen LogP contribution < -0.4 is 10.6 Å². The van der Waals surface area contributed by atoms with Gasteiger partial charge in [0.15, 0.2) is 0 Å². The molecule has 1 aromatic carbocycles. The molecule has 0 saturated carbocycles. The summed E-state index contributed by atoms with van der Waals surface area (Å²) in [6.45, 7) is 5.80. The Balaban J connectivity index is 2.37. The van der Waals surface area contributed by atoms with Crippen LogP contribution in [0, 0.1) is 13.8 Å². The Bertz CT molecular complexity index is 668. The molecule has 0 bridgehead atoms. The zero-order chi connectivity index (χ0) is 16.3. The van der Waals surface area contributed by atoms with E-state index in [-0.39, 0.29) is 5.56 Å². The minimum absolute atomic E-state index is 0.137. The minimum Gasteiger partial charge on any atom is -0.354 e. The number of nitrogens with one attached hydrogen (secondary N) is 2. The highest BCUT2D eigenvalue weighted by Gasteiger charge is 2.32. The third kappa shape index (κ3) is 3.47. The first-order chi connectivity index (χ1) is 10.3. The van der Waals surface area contributed by atoms with Crippen molar-refractivity contribution in [2.45, 2.75) is 26.9 Å². The molecule has 0 aliphatic carbocycles. The molecule has 0 radical (unpaired) electrons. The van der Waals surface area contributed by atoms with Crippen LogP contribution in [0.2, 0.25) is 0 Å². The van der Waals surface area contributed by atoms with Crippen molar-refractivity contribution in [1.29, 1.82) is 0 Å². The van der Waals surface area contributed by atoms with Crippen LogP contribution in [0.1, 0.15) is 23.6 Å². The highest BCUT2D eigenvalue weighted by atomic mass is 19.4. The van der Waals surface area contributed by atoms with Gasteiger partial charge in [0.25, 0.3) is 0 Å². The van der Waals surface area contributed by atoms with E-state index in [1.54, 1.807) is 19.2 Å². The number of hydrogen-bond donors (Lipinski definition) is 2. The Kier molecular flexibility index (Phi) is 4.54. The normalized spacial score (nSPS) is 11.4. The van der Waals surface area contributed by atoms with E-state index in [4.69, 9.17) is 0 Å². The maximum Gasteiger partial charge on any atom is 0.416 e. The molecule has 22 heavy (non-hydrogen) atoms. The highest BCUT2D eigenvalue weighted by molar-refractivity contribution is 5.65. The molecule has 0 unspecified atom stereocenters. The molecule has 118 valence electrons. The summed E-state index contributed by atoms with van der Waals surface area (Å²) in [5.74, 6) is 0.911. The average molecular weight is 310 g/mol. The third-order valence-corrected chi connectivity index (χ3v) is 3.20. The fourth-order valence-corrected chi connectivity index (χ4v) is 2.02. The van der Waals surface area contributed by atoms with Gasteiger partial charge in [0.1, 0.15) is 5.82 Å². The number of anilines is 3. The van der Waals surface area contributed by atoms with Crippen LogP contribution in [0.25, 0.3) is 0 Å². The van der Waals surface area contributed by atoms with Crippen LogP contribution in [0.5, 0.6) is 0 Å². The quantitative estimate of drug-likeness (QED) is 0.884. The first-order valence-electron chi connectivity index (χ1n) is 6.84. The minimum atomic E-state index is -4.38. The lowest BCUT2D eigenvalue weighted by atomic mass is 10.1. The molecule has 2 rings (SSSR count). The van der Waals surface area contributed by atoms with Crippen LogP contribution in [0.3, 0.4) is 0 Å². The number of rotatable bonds is 4. The van der Waals surface area contributed by atoms with E-state index < -0.39 is 11.7 Å². The van der Waals surface area contributed by atoms with Gasteiger partial charge in [-0.15, -0.1) is 0 Å². The van der Waals surface area contributed by atoms with Gasteiger partial charge in [-0.05, 0) is 38.5 Å². The van der Waals surface area contributed by atoms with Crippen molar-refractivity contribution >= 4 is 17.5 Å². The van der Waals surface area contributed by atoms with Crippen LogP contribution >= 0.6 is 0 Å². The van der Waals surface area contributed by atoms with E-state index in [1.165, 1.54) is 13.0 Å². The lowest BCUT2D eigenvalue weighted by molar-refractivity contribution is -0.138. The summed E-state index contributed by atoms with van der Waals surface area (Å²) in [5, 5.41) is 5.93. The Morgan fingerprint density at radius 3 is 2.55 bits per heavy atom. The van der Waals surface area contributed by atoms with Gasteiger partial charge in [0.2, 0.25) is 5.95 Å². The summed E-state index contributed by atoms with van der Waals surface area (Å²) in [7, 11) is 0. The topological polar surface area (TPSA) is 49.8 Å². The van der Waals surface area contributed by atoms with Gasteiger partial charge in [0, 0.05) is 24.0 Å². The second-order valence-corrected chi connectivity index (χ2v) is 4.86. The molecule has 2 N–H and O–H groups in total. The molecular formula is C15H17F3N4. The van der Waals surface area contributed by atoms with Gasteiger partial charge in [-0.1, -0.05) is 6.07 Å². The number of halogens is 3. The van der Waals surface area contributed by atoms with E-state index >= 15 is 0 Å². The van der Waals surface area contributed by atoms with Gasteiger partial charge in [-0.25, -0.2) is 4.98 Å². The molecule has 0 amide bonds. The maximum atomic E-state index is 12.9. The van der Waals surface area contributed by atoms with E-state index in [1.807, 2.05) is 6.92 Å². The SMILES string of the molecule is CCNc1ncc(C)c(Nc2cccc(C(F)(F)F)c2C)n1. The van der Waals surface area contributed by atoms with Crippen LogP contribution in [0.4, 0.5) is 30.6 Å². The summed E-state index contributed by atoms with van der Waals surface area (Å²) >= 11 is 0. The molecular weight excluding hydrogens is 293 g/mol. The van der Waals surface area contributed by atoms with E-state index in [0.29, 0.717) is 24.0 Å². The van der Waals surface area contributed by atoms with Crippen molar-refractivity contribution in [2.24, 2.45) is 0 Å². The predicted octanol–water partition coefficient (Wildman–Crippen LogP) is 4.29. The van der Waals surface area contributed by atoms with Crippen molar-refractivity contribution in [1.82, 2.24) is 9.97 Å². The fourth-order valence-electron chi connectivity index (χ4n) is 2.02. The zero-order valence-corrected chi connectivity index (χ0v) is 12.5. The van der Waals surface area contributed by atoms with Crippen molar-refractivity contribution in [3.8, 4) is 0 Å². The molecule has 4 nitrogen and oxygen atoms in total. The van der Waals surface area contributed by atoms with E-state index in [9.17, 15) is 13.2 Å². The number of alkyl halides is 3. The molecule has 0 saturated heterocycles. The first kappa shape index (κ1) is 16.1. The molecule has 1 heterocycles. The van der Waals surface area contributed by atoms with Gasteiger partial charge in [0.05, 0.1) is 5.56 Å².